The zero-order valence-corrected chi connectivity index (χ0v) is 14.1. The molecule has 2 amide bonds. The number of amides is 2. The average molecular weight is 311 g/mol. The molecule has 1 unspecified atom stereocenters. The standard InChI is InChI=1S/C16H29N3O3/c1-11(14(20)17-12-5-6-12)19-9-7-13(8-10-19)18-15(21)22-16(2,3)4/h11-13H,5-10H2,1-4H3,(H,17,20)(H,18,21). The van der Waals surface area contributed by atoms with E-state index in [2.05, 4.69) is 15.5 Å². The maximum atomic E-state index is 12.1. The normalized spacial score (nSPS) is 22.0. The van der Waals surface area contributed by atoms with Gasteiger partial charge in [-0.25, -0.2) is 4.79 Å². The van der Waals surface area contributed by atoms with Gasteiger partial charge in [-0.2, -0.15) is 0 Å². The van der Waals surface area contributed by atoms with Crippen molar-refractivity contribution >= 4 is 12.0 Å². The van der Waals surface area contributed by atoms with Crippen LogP contribution in [0.4, 0.5) is 4.79 Å². The lowest BCUT2D eigenvalue weighted by Crippen LogP contribution is -2.52. The molecule has 2 N–H and O–H groups in total. The van der Waals surface area contributed by atoms with Crippen LogP contribution in [-0.2, 0) is 9.53 Å². The number of nitrogens with zero attached hydrogens (tertiary/aromatic N) is 1. The van der Waals surface area contributed by atoms with Gasteiger partial charge in [0.25, 0.3) is 0 Å². The van der Waals surface area contributed by atoms with Crippen molar-refractivity contribution in [1.82, 2.24) is 15.5 Å². The van der Waals surface area contributed by atoms with Gasteiger partial charge in [-0.15, -0.1) is 0 Å². The number of alkyl carbamates (subject to hydrolysis) is 1. The highest BCUT2D eigenvalue weighted by molar-refractivity contribution is 5.81. The number of likely N-dealkylation sites (tertiary alicyclic amines) is 1. The molecule has 1 aliphatic carbocycles. The Hall–Kier alpha value is -1.30. The van der Waals surface area contributed by atoms with Crippen LogP contribution in [0.5, 0.6) is 0 Å². The summed E-state index contributed by atoms with van der Waals surface area (Å²) in [6, 6.07) is 0.439. The zero-order chi connectivity index (χ0) is 16.3. The topological polar surface area (TPSA) is 70.7 Å². The van der Waals surface area contributed by atoms with E-state index in [1.165, 1.54) is 0 Å². The minimum atomic E-state index is -0.472. The Balaban J connectivity index is 1.70. The molecule has 0 aromatic heterocycles. The number of hydrogen-bond donors (Lipinski definition) is 2. The fourth-order valence-corrected chi connectivity index (χ4v) is 2.62. The first-order chi connectivity index (χ1) is 10.2. The molecule has 2 rings (SSSR count). The van der Waals surface area contributed by atoms with E-state index in [0.29, 0.717) is 6.04 Å². The van der Waals surface area contributed by atoms with Crippen LogP contribution in [0.1, 0.15) is 53.4 Å². The second kappa shape index (κ2) is 6.86. The second-order valence-electron chi connectivity index (χ2n) is 7.42. The first kappa shape index (κ1) is 17.1. The van der Waals surface area contributed by atoms with Gasteiger partial charge < -0.3 is 15.4 Å². The van der Waals surface area contributed by atoms with E-state index in [-0.39, 0.29) is 24.1 Å². The van der Waals surface area contributed by atoms with Gasteiger partial charge in [0.05, 0.1) is 6.04 Å². The molecule has 1 heterocycles. The van der Waals surface area contributed by atoms with Crippen molar-refractivity contribution in [2.24, 2.45) is 0 Å². The Labute approximate surface area is 132 Å². The lowest BCUT2D eigenvalue weighted by molar-refractivity contribution is -0.126. The predicted molar refractivity (Wildman–Crippen MR) is 84.6 cm³/mol. The third kappa shape index (κ3) is 5.48. The van der Waals surface area contributed by atoms with Gasteiger partial charge in [-0.3, -0.25) is 9.69 Å². The number of carbonyl (C=O) groups excluding carboxylic acids is 2. The van der Waals surface area contributed by atoms with Crippen LogP contribution in [0.15, 0.2) is 0 Å². The molecule has 0 spiro atoms. The van der Waals surface area contributed by atoms with Gasteiger partial charge in [0.2, 0.25) is 5.91 Å². The lowest BCUT2D eigenvalue weighted by Gasteiger charge is -2.35. The molecule has 6 nitrogen and oxygen atoms in total. The number of piperidine rings is 1. The van der Waals surface area contributed by atoms with Crippen LogP contribution in [0.3, 0.4) is 0 Å². The summed E-state index contributed by atoms with van der Waals surface area (Å²) < 4.78 is 5.28. The monoisotopic (exact) mass is 311 g/mol. The highest BCUT2D eigenvalue weighted by Gasteiger charge is 2.31. The molecular weight excluding hydrogens is 282 g/mol. The maximum Gasteiger partial charge on any atom is 0.407 e. The van der Waals surface area contributed by atoms with Crippen LogP contribution < -0.4 is 10.6 Å². The Kier molecular flexibility index (Phi) is 5.32. The molecule has 6 heteroatoms. The molecule has 1 saturated heterocycles. The van der Waals surface area contributed by atoms with Crippen molar-refractivity contribution in [3.8, 4) is 0 Å². The van der Waals surface area contributed by atoms with Crippen LogP contribution in [0, 0.1) is 0 Å². The van der Waals surface area contributed by atoms with Crippen molar-refractivity contribution in [2.45, 2.75) is 77.1 Å². The van der Waals surface area contributed by atoms with E-state index in [1.54, 1.807) is 0 Å². The quantitative estimate of drug-likeness (QED) is 0.828. The number of rotatable bonds is 4. The van der Waals surface area contributed by atoms with E-state index < -0.39 is 5.60 Å². The highest BCUT2D eigenvalue weighted by atomic mass is 16.6. The van der Waals surface area contributed by atoms with Crippen molar-refractivity contribution in [3.63, 3.8) is 0 Å². The molecular formula is C16H29N3O3. The molecule has 0 bridgehead atoms. The Bertz CT molecular complexity index is 407. The summed E-state index contributed by atoms with van der Waals surface area (Å²) >= 11 is 0. The molecule has 0 aromatic carbocycles. The SMILES string of the molecule is CC(C(=O)NC1CC1)N1CCC(NC(=O)OC(C)(C)C)CC1. The Morgan fingerprint density at radius 2 is 1.59 bits per heavy atom. The Morgan fingerprint density at radius 1 is 1.05 bits per heavy atom. The van der Waals surface area contributed by atoms with E-state index in [0.717, 1.165) is 38.8 Å². The molecule has 2 fully saturated rings. The van der Waals surface area contributed by atoms with Crippen molar-refractivity contribution in [1.29, 1.82) is 0 Å². The number of hydrogen-bond acceptors (Lipinski definition) is 4. The minimum absolute atomic E-state index is 0.0944. The summed E-state index contributed by atoms with van der Waals surface area (Å²) in [6.07, 6.45) is 3.56. The lowest BCUT2D eigenvalue weighted by atomic mass is 10.0. The van der Waals surface area contributed by atoms with Gasteiger partial charge >= 0.3 is 6.09 Å². The summed E-state index contributed by atoms with van der Waals surface area (Å²) in [7, 11) is 0. The summed E-state index contributed by atoms with van der Waals surface area (Å²) in [5.41, 5.74) is -0.472. The van der Waals surface area contributed by atoms with Gasteiger partial charge in [0.1, 0.15) is 5.60 Å². The van der Waals surface area contributed by atoms with E-state index >= 15 is 0 Å². The summed E-state index contributed by atoms with van der Waals surface area (Å²) in [6.45, 7) is 9.17. The van der Waals surface area contributed by atoms with E-state index in [9.17, 15) is 9.59 Å². The van der Waals surface area contributed by atoms with Crippen LogP contribution in [0.25, 0.3) is 0 Å². The zero-order valence-electron chi connectivity index (χ0n) is 14.1. The third-order valence-corrected chi connectivity index (χ3v) is 4.10. The summed E-state index contributed by atoms with van der Waals surface area (Å²) in [5, 5.41) is 5.97. The summed E-state index contributed by atoms with van der Waals surface area (Å²) in [4.78, 5) is 26.0. The Morgan fingerprint density at radius 3 is 2.09 bits per heavy atom. The second-order valence-corrected chi connectivity index (χ2v) is 7.42. The van der Waals surface area contributed by atoms with E-state index in [4.69, 9.17) is 4.74 Å². The van der Waals surface area contributed by atoms with Crippen molar-refractivity contribution in [3.05, 3.63) is 0 Å². The average Bonchev–Trinajstić information content (AvgIpc) is 3.20. The van der Waals surface area contributed by atoms with Crippen molar-refractivity contribution < 1.29 is 14.3 Å². The van der Waals surface area contributed by atoms with Gasteiger partial charge in [-0.1, -0.05) is 0 Å². The summed E-state index contributed by atoms with van der Waals surface area (Å²) in [5.74, 6) is 0.126. The largest absolute Gasteiger partial charge is 0.444 e. The smallest absolute Gasteiger partial charge is 0.407 e. The first-order valence-corrected chi connectivity index (χ1v) is 8.28. The molecule has 1 aliphatic heterocycles. The minimum Gasteiger partial charge on any atom is -0.444 e. The van der Waals surface area contributed by atoms with E-state index in [1.807, 2.05) is 27.7 Å². The first-order valence-electron chi connectivity index (χ1n) is 8.28. The molecule has 1 saturated carbocycles. The molecule has 0 radical (unpaired) electrons. The fourth-order valence-electron chi connectivity index (χ4n) is 2.62. The fraction of sp³-hybridized carbons (Fsp3) is 0.875. The molecule has 1 atom stereocenters. The van der Waals surface area contributed by atoms with Crippen LogP contribution in [-0.4, -0.2) is 53.7 Å². The van der Waals surface area contributed by atoms with Crippen LogP contribution >= 0.6 is 0 Å². The third-order valence-electron chi connectivity index (χ3n) is 4.10. The maximum absolute atomic E-state index is 12.1. The number of nitrogens with one attached hydrogen (secondary N) is 2. The van der Waals surface area contributed by atoms with Gasteiger partial charge in [-0.05, 0) is 53.4 Å². The number of ether oxygens (including phenoxy) is 1. The molecule has 22 heavy (non-hydrogen) atoms. The van der Waals surface area contributed by atoms with Crippen LogP contribution in [0.2, 0.25) is 0 Å². The van der Waals surface area contributed by atoms with Gasteiger partial charge in [0.15, 0.2) is 0 Å². The molecule has 2 aliphatic rings. The van der Waals surface area contributed by atoms with Gasteiger partial charge in [0, 0.05) is 25.2 Å². The highest BCUT2D eigenvalue weighted by Crippen LogP contribution is 2.20. The molecule has 0 aromatic rings. The predicted octanol–water partition coefficient (Wildman–Crippen LogP) is 1.64. The molecule has 126 valence electrons. The number of carbonyl (C=O) groups is 2. The van der Waals surface area contributed by atoms with Crippen molar-refractivity contribution in [2.75, 3.05) is 13.1 Å².